The van der Waals surface area contributed by atoms with Gasteiger partial charge in [-0.05, 0) is 19.3 Å². The quantitative estimate of drug-likeness (QED) is 0.673. The molecule has 1 rings (SSSR count). The Morgan fingerprint density at radius 1 is 1.57 bits per heavy atom. The van der Waals surface area contributed by atoms with Crippen LogP contribution in [-0.2, 0) is 9.53 Å². The van der Waals surface area contributed by atoms with Gasteiger partial charge in [-0.3, -0.25) is 4.79 Å². The summed E-state index contributed by atoms with van der Waals surface area (Å²) in [5, 5.41) is 0. The molecular weight excluding hydrogens is 202 g/mol. The number of methoxy groups -OCH3 is 1. The molecule has 0 aromatic heterocycles. The van der Waals surface area contributed by atoms with Crippen LogP contribution in [0.4, 0.5) is 0 Å². The Labute approximate surface area is 90.4 Å². The zero-order valence-corrected chi connectivity index (χ0v) is 9.42. The Morgan fingerprint density at radius 2 is 2.36 bits per heavy atom. The highest BCUT2D eigenvalue weighted by Crippen LogP contribution is 2.18. The number of alkyl halides is 1. The molecule has 4 heteroatoms. The fraction of sp³-hybridized carbons (Fsp3) is 0.900. The molecule has 1 heterocycles. The fourth-order valence-corrected chi connectivity index (χ4v) is 2.08. The normalized spacial score (nSPS) is 22.4. The van der Waals surface area contributed by atoms with Gasteiger partial charge >= 0.3 is 0 Å². The highest BCUT2D eigenvalue weighted by Gasteiger charge is 2.25. The van der Waals surface area contributed by atoms with Crippen molar-refractivity contribution in [2.24, 2.45) is 0 Å². The second-order valence-corrected chi connectivity index (χ2v) is 4.01. The monoisotopic (exact) mass is 219 g/mol. The number of carbonyl (C=O) groups is 1. The maximum atomic E-state index is 11.7. The van der Waals surface area contributed by atoms with E-state index in [1.807, 2.05) is 4.90 Å². The van der Waals surface area contributed by atoms with E-state index in [0.717, 1.165) is 19.4 Å². The van der Waals surface area contributed by atoms with E-state index in [-0.39, 0.29) is 11.9 Å². The van der Waals surface area contributed by atoms with E-state index >= 15 is 0 Å². The molecule has 1 amide bonds. The Morgan fingerprint density at radius 3 is 3.00 bits per heavy atom. The summed E-state index contributed by atoms with van der Waals surface area (Å²) in [4.78, 5) is 13.6. The van der Waals surface area contributed by atoms with E-state index in [4.69, 9.17) is 16.3 Å². The molecule has 1 unspecified atom stereocenters. The van der Waals surface area contributed by atoms with Gasteiger partial charge in [0.25, 0.3) is 0 Å². The summed E-state index contributed by atoms with van der Waals surface area (Å²) in [6.07, 6.45) is 3.80. The van der Waals surface area contributed by atoms with Gasteiger partial charge in [-0.25, -0.2) is 0 Å². The highest BCUT2D eigenvalue weighted by atomic mass is 35.5. The number of hydrogen-bond acceptors (Lipinski definition) is 2. The van der Waals surface area contributed by atoms with Crippen LogP contribution < -0.4 is 0 Å². The largest absolute Gasteiger partial charge is 0.383 e. The van der Waals surface area contributed by atoms with Crippen LogP contribution in [0.15, 0.2) is 0 Å². The summed E-state index contributed by atoms with van der Waals surface area (Å²) in [7, 11) is 1.68. The summed E-state index contributed by atoms with van der Waals surface area (Å²) in [5.74, 6) is 0.580. The zero-order valence-electron chi connectivity index (χ0n) is 8.67. The molecule has 0 bridgehead atoms. The minimum absolute atomic E-state index is 0.168. The lowest BCUT2D eigenvalue weighted by atomic mass is 10.0. The minimum atomic E-state index is 0.168. The van der Waals surface area contributed by atoms with Crippen LogP contribution in [0, 0.1) is 0 Å². The predicted octanol–water partition coefficient (Wildman–Crippen LogP) is 1.64. The van der Waals surface area contributed by atoms with E-state index in [1.54, 1.807) is 7.11 Å². The van der Waals surface area contributed by atoms with Gasteiger partial charge in [-0.15, -0.1) is 11.6 Å². The summed E-state index contributed by atoms with van der Waals surface area (Å²) < 4.78 is 5.11. The van der Waals surface area contributed by atoms with Gasteiger partial charge in [-0.1, -0.05) is 0 Å². The standard InChI is InChI=1S/C10H18ClNO2/c1-14-8-9-4-2-3-7-12(9)10(13)5-6-11/h9H,2-8H2,1H3. The number of amides is 1. The van der Waals surface area contributed by atoms with Crippen molar-refractivity contribution in [3.8, 4) is 0 Å². The molecule has 0 aliphatic carbocycles. The van der Waals surface area contributed by atoms with Crippen LogP contribution in [-0.4, -0.2) is 43.0 Å². The van der Waals surface area contributed by atoms with Crippen LogP contribution >= 0.6 is 11.6 Å². The van der Waals surface area contributed by atoms with Crippen LogP contribution in [0.3, 0.4) is 0 Å². The highest BCUT2D eigenvalue weighted by molar-refractivity contribution is 6.18. The molecule has 1 saturated heterocycles. The van der Waals surface area contributed by atoms with Gasteiger partial charge in [0.1, 0.15) is 0 Å². The van der Waals surface area contributed by atoms with E-state index in [9.17, 15) is 4.79 Å². The molecule has 0 saturated carbocycles. The van der Waals surface area contributed by atoms with E-state index in [2.05, 4.69) is 0 Å². The molecule has 14 heavy (non-hydrogen) atoms. The van der Waals surface area contributed by atoms with Crippen molar-refractivity contribution in [1.82, 2.24) is 4.90 Å². The first-order valence-corrected chi connectivity index (χ1v) is 5.67. The van der Waals surface area contributed by atoms with Crippen molar-refractivity contribution in [2.75, 3.05) is 26.1 Å². The smallest absolute Gasteiger partial charge is 0.224 e. The van der Waals surface area contributed by atoms with Gasteiger partial charge in [-0.2, -0.15) is 0 Å². The molecule has 1 aliphatic heterocycles. The number of ether oxygens (including phenoxy) is 1. The summed E-state index contributed by atoms with van der Waals surface area (Å²) in [6, 6.07) is 0.268. The predicted molar refractivity (Wildman–Crippen MR) is 56.6 cm³/mol. The lowest BCUT2D eigenvalue weighted by molar-refractivity contribution is -0.135. The maximum Gasteiger partial charge on any atom is 0.224 e. The molecule has 0 spiro atoms. The van der Waals surface area contributed by atoms with Crippen LogP contribution in [0.5, 0.6) is 0 Å². The Hall–Kier alpha value is -0.280. The Bertz CT molecular complexity index is 185. The van der Waals surface area contributed by atoms with Crippen LogP contribution in [0.2, 0.25) is 0 Å². The van der Waals surface area contributed by atoms with Gasteiger partial charge < -0.3 is 9.64 Å². The third-order valence-corrected chi connectivity index (χ3v) is 2.80. The fourth-order valence-electron chi connectivity index (χ4n) is 1.92. The summed E-state index contributed by atoms with van der Waals surface area (Å²) in [5.41, 5.74) is 0. The maximum absolute atomic E-state index is 11.7. The molecule has 0 aromatic carbocycles. The zero-order chi connectivity index (χ0) is 10.4. The molecule has 1 aliphatic rings. The summed E-state index contributed by atoms with van der Waals surface area (Å²) in [6.45, 7) is 1.51. The number of halogens is 1. The van der Waals surface area contributed by atoms with Crippen molar-refractivity contribution >= 4 is 17.5 Å². The van der Waals surface area contributed by atoms with Crippen LogP contribution in [0.25, 0.3) is 0 Å². The summed E-state index contributed by atoms with van der Waals surface area (Å²) >= 11 is 5.56. The second-order valence-electron chi connectivity index (χ2n) is 3.63. The van der Waals surface area contributed by atoms with Crippen molar-refractivity contribution < 1.29 is 9.53 Å². The van der Waals surface area contributed by atoms with E-state index in [0.29, 0.717) is 18.9 Å². The molecule has 1 atom stereocenters. The third kappa shape index (κ3) is 3.14. The first-order chi connectivity index (χ1) is 6.79. The van der Waals surface area contributed by atoms with Crippen molar-refractivity contribution in [2.45, 2.75) is 31.7 Å². The van der Waals surface area contributed by atoms with Crippen molar-refractivity contribution in [1.29, 1.82) is 0 Å². The number of rotatable bonds is 4. The molecule has 1 fully saturated rings. The third-order valence-electron chi connectivity index (χ3n) is 2.61. The topological polar surface area (TPSA) is 29.5 Å². The van der Waals surface area contributed by atoms with Crippen LogP contribution in [0.1, 0.15) is 25.7 Å². The molecule has 3 nitrogen and oxygen atoms in total. The second kappa shape index (κ2) is 6.25. The molecule has 0 aromatic rings. The Balaban J connectivity index is 2.48. The van der Waals surface area contributed by atoms with Gasteiger partial charge in [0.15, 0.2) is 0 Å². The number of piperidine rings is 1. The Kier molecular flexibility index (Phi) is 5.26. The number of hydrogen-bond donors (Lipinski definition) is 0. The molecule has 0 N–H and O–H groups in total. The molecular formula is C10H18ClNO2. The average molecular weight is 220 g/mol. The number of carbonyl (C=O) groups excluding carboxylic acids is 1. The first kappa shape index (κ1) is 11.8. The SMILES string of the molecule is COCC1CCCCN1C(=O)CCCl. The molecule has 0 radical (unpaired) electrons. The van der Waals surface area contributed by atoms with Gasteiger partial charge in [0.2, 0.25) is 5.91 Å². The minimum Gasteiger partial charge on any atom is -0.383 e. The lowest BCUT2D eigenvalue weighted by Crippen LogP contribution is -2.46. The average Bonchev–Trinajstić information content (AvgIpc) is 2.19. The van der Waals surface area contributed by atoms with Crippen molar-refractivity contribution in [3.05, 3.63) is 0 Å². The van der Waals surface area contributed by atoms with Gasteiger partial charge in [0.05, 0.1) is 12.6 Å². The number of likely N-dealkylation sites (tertiary alicyclic amines) is 1. The first-order valence-electron chi connectivity index (χ1n) is 5.14. The molecule has 82 valence electrons. The lowest BCUT2D eigenvalue weighted by Gasteiger charge is -2.35. The van der Waals surface area contributed by atoms with E-state index < -0.39 is 0 Å². The van der Waals surface area contributed by atoms with Gasteiger partial charge in [0, 0.05) is 26.0 Å². The van der Waals surface area contributed by atoms with E-state index in [1.165, 1.54) is 6.42 Å². The number of nitrogens with zero attached hydrogens (tertiary/aromatic N) is 1. The van der Waals surface area contributed by atoms with Crippen molar-refractivity contribution in [3.63, 3.8) is 0 Å².